The molecule has 0 aliphatic heterocycles. The van der Waals surface area contributed by atoms with Crippen LogP contribution in [0.25, 0.3) is 0 Å². The number of hydrogen-bond acceptors (Lipinski definition) is 6. The minimum Gasteiger partial charge on any atom is -0.476 e. The van der Waals surface area contributed by atoms with Crippen LogP contribution in [0.15, 0.2) is 36.7 Å². The molecule has 1 atom stereocenters. The van der Waals surface area contributed by atoms with E-state index in [0.29, 0.717) is 37.5 Å². The smallest absolute Gasteiger partial charge is 0.240 e. The van der Waals surface area contributed by atoms with Crippen LogP contribution in [0, 0.1) is 5.92 Å². The van der Waals surface area contributed by atoms with Crippen LogP contribution in [0.2, 0.25) is 5.02 Å². The van der Waals surface area contributed by atoms with Gasteiger partial charge in [0.1, 0.15) is 12.9 Å². The first-order valence-electron chi connectivity index (χ1n) is 9.70. The van der Waals surface area contributed by atoms with Crippen LogP contribution in [-0.2, 0) is 16.1 Å². The summed E-state index contributed by atoms with van der Waals surface area (Å²) in [6, 6.07) is 9.80. The molecule has 1 amide bonds. The molecule has 0 bridgehead atoms. The number of rotatable bonds is 10. The van der Waals surface area contributed by atoms with Crippen molar-refractivity contribution in [3.63, 3.8) is 0 Å². The molecule has 0 radical (unpaired) electrons. The van der Waals surface area contributed by atoms with Gasteiger partial charge in [-0.2, -0.15) is 0 Å². The first-order valence-corrected chi connectivity index (χ1v) is 10.1. The summed E-state index contributed by atoms with van der Waals surface area (Å²) in [7, 11) is 0. The zero-order valence-corrected chi connectivity index (χ0v) is 17.4. The van der Waals surface area contributed by atoms with Crippen molar-refractivity contribution in [3.8, 4) is 11.8 Å². The van der Waals surface area contributed by atoms with E-state index in [2.05, 4.69) is 15.3 Å². The van der Waals surface area contributed by atoms with Gasteiger partial charge in [-0.1, -0.05) is 41.9 Å². The van der Waals surface area contributed by atoms with Crippen molar-refractivity contribution in [3.05, 3.63) is 47.2 Å². The minimum atomic E-state index is -0.0465. The van der Waals surface area contributed by atoms with Gasteiger partial charge in [-0.3, -0.25) is 4.79 Å². The third kappa shape index (κ3) is 6.58. The predicted molar refractivity (Wildman–Crippen MR) is 109 cm³/mol. The Morgan fingerprint density at radius 3 is 2.59 bits per heavy atom. The van der Waals surface area contributed by atoms with Gasteiger partial charge in [0, 0.05) is 13.0 Å². The van der Waals surface area contributed by atoms with E-state index in [1.54, 1.807) is 0 Å². The molecule has 1 N–H and O–H groups in total. The molecule has 0 spiro atoms. The Kier molecular flexibility index (Phi) is 7.66. The Bertz CT molecular complexity index is 800. The average Bonchev–Trinajstić information content (AvgIpc) is 2.66. The van der Waals surface area contributed by atoms with E-state index in [1.165, 1.54) is 13.3 Å². The Morgan fingerprint density at radius 1 is 1.21 bits per heavy atom. The lowest BCUT2D eigenvalue weighted by atomic mass is 9.83. The molecule has 29 heavy (non-hydrogen) atoms. The Morgan fingerprint density at radius 2 is 1.90 bits per heavy atom. The van der Waals surface area contributed by atoms with Crippen LogP contribution in [0.4, 0.5) is 0 Å². The predicted octanol–water partition coefficient (Wildman–Crippen LogP) is 3.41. The number of carbonyl (C=O) groups is 1. The maximum Gasteiger partial charge on any atom is 0.240 e. The summed E-state index contributed by atoms with van der Waals surface area (Å²) >= 11 is 6.34. The molecule has 3 rings (SSSR count). The Labute approximate surface area is 175 Å². The van der Waals surface area contributed by atoms with Gasteiger partial charge in [-0.25, -0.2) is 9.97 Å². The van der Waals surface area contributed by atoms with Gasteiger partial charge in [-0.15, -0.1) is 0 Å². The largest absolute Gasteiger partial charge is 0.476 e. The van der Waals surface area contributed by atoms with E-state index in [0.717, 1.165) is 18.4 Å². The highest BCUT2D eigenvalue weighted by molar-refractivity contribution is 6.33. The van der Waals surface area contributed by atoms with Crippen LogP contribution in [0.5, 0.6) is 11.8 Å². The van der Waals surface area contributed by atoms with Crippen molar-refractivity contribution >= 4 is 17.5 Å². The molecule has 1 heterocycles. The highest BCUT2D eigenvalue weighted by Gasteiger charge is 2.31. The molecule has 0 saturated heterocycles. The van der Waals surface area contributed by atoms with Crippen molar-refractivity contribution < 1.29 is 19.0 Å². The number of amides is 1. The van der Waals surface area contributed by atoms with E-state index in [1.807, 2.05) is 37.3 Å². The maximum atomic E-state index is 11.0. The van der Waals surface area contributed by atoms with Gasteiger partial charge in [0.2, 0.25) is 17.7 Å². The second-order valence-corrected chi connectivity index (χ2v) is 7.66. The standard InChI is InChI=1S/C21H26ClN3O4/c1-14(25-15(2)26)10-27-18-8-17(9-18)12-29-21-19(22)20(23-13-24-21)28-11-16-6-4-3-5-7-16/h3-7,13-14,17-18H,8-12H2,1-2H3,(H,25,26)/t14-,17-,18-/m0/s1. The van der Waals surface area contributed by atoms with E-state index in [4.69, 9.17) is 25.8 Å². The molecule has 7 nitrogen and oxygen atoms in total. The number of ether oxygens (including phenoxy) is 3. The fourth-order valence-corrected chi connectivity index (χ4v) is 3.29. The van der Waals surface area contributed by atoms with Crippen molar-refractivity contribution in [1.29, 1.82) is 0 Å². The monoisotopic (exact) mass is 419 g/mol. The molecular formula is C21H26ClN3O4. The van der Waals surface area contributed by atoms with E-state index >= 15 is 0 Å². The van der Waals surface area contributed by atoms with Crippen LogP contribution in [-0.4, -0.2) is 41.2 Å². The van der Waals surface area contributed by atoms with Crippen LogP contribution in [0.1, 0.15) is 32.3 Å². The van der Waals surface area contributed by atoms with Gasteiger partial charge in [0.25, 0.3) is 0 Å². The molecule has 8 heteroatoms. The summed E-state index contributed by atoms with van der Waals surface area (Å²) in [6.07, 6.45) is 3.41. The molecule has 1 fully saturated rings. The van der Waals surface area contributed by atoms with Gasteiger partial charge in [-0.05, 0) is 31.2 Å². The number of aromatic nitrogens is 2. The van der Waals surface area contributed by atoms with Crippen molar-refractivity contribution in [2.75, 3.05) is 13.2 Å². The zero-order chi connectivity index (χ0) is 20.6. The molecule has 1 saturated carbocycles. The Hall–Kier alpha value is -2.38. The van der Waals surface area contributed by atoms with Gasteiger partial charge >= 0.3 is 0 Å². The fraction of sp³-hybridized carbons (Fsp3) is 0.476. The fourth-order valence-electron chi connectivity index (χ4n) is 3.08. The van der Waals surface area contributed by atoms with Gasteiger partial charge in [0.15, 0.2) is 5.02 Å². The molecule has 156 valence electrons. The molecule has 1 aliphatic rings. The molecule has 0 unspecified atom stereocenters. The normalized spacial score (nSPS) is 19.1. The number of nitrogens with zero attached hydrogens (tertiary/aromatic N) is 2. The zero-order valence-electron chi connectivity index (χ0n) is 16.6. The Balaban J connectivity index is 1.40. The molecule has 1 aromatic carbocycles. The summed E-state index contributed by atoms with van der Waals surface area (Å²) in [6.45, 7) is 4.82. The maximum absolute atomic E-state index is 11.0. The second-order valence-electron chi connectivity index (χ2n) is 7.28. The minimum absolute atomic E-state index is 0.0110. The number of halogens is 1. The molecule has 2 aromatic rings. The first-order chi connectivity index (χ1) is 14.0. The highest BCUT2D eigenvalue weighted by Crippen LogP contribution is 2.34. The number of carbonyl (C=O) groups excluding carboxylic acids is 1. The average molecular weight is 420 g/mol. The van der Waals surface area contributed by atoms with Crippen LogP contribution in [0.3, 0.4) is 0 Å². The number of nitrogens with one attached hydrogen (secondary N) is 1. The van der Waals surface area contributed by atoms with Crippen LogP contribution >= 0.6 is 11.6 Å². The van der Waals surface area contributed by atoms with E-state index in [9.17, 15) is 4.79 Å². The lowest BCUT2D eigenvalue weighted by Gasteiger charge is -2.35. The molecule has 1 aliphatic carbocycles. The van der Waals surface area contributed by atoms with Crippen molar-refractivity contribution in [2.24, 2.45) is 5.92 Å². The van der Waals surface area contributed by atoms with E-state index < -0.39 is 0 Å². The molecule has 1 aromatic heterocycles. The topological polar surface area (TPSA) is 82.6 Å². The van der Waals surface area contributed by atoms with Crippen molar-refractivity contribution in [1.82, 2.24) is 15.3 Å². The number of benzene rings is 1. The van der Waals surface area contributed by atoms with Gasteiger partial charge in [0.05, 0.1) is 19.3 Å². The lowest BCUT2D eigenvalue weighted by molar-refractivity contribution is -0.120. The van der Waals surface area contributed by atoms with E-state index in [-0.39, 0.29) is 23.1 Å². The quantitative estimate of drug-likeness (QED) is 0.635. The summed E-state index contributed by atoms with van der Waals surface area (Å²) in [5.74, 6) is 0.973. The highest BCUT2D eigenvalue weighted by atomic mass is 35.5. The summed E-state index contributed by atoms with van der Waals surface area (Å²) in [5.41, 5.74) is 1.03. The third-order valence-electron chi connectivity index (χ3n) is 4.62. The number of hydrogen-bond donors (Lipinski definition) is 1. The molecular weight excluding hydrogens is 394 g/mol. The summed E-state index contributed by atoms with van der Waals surface area (Å²) < 4.78 is 17.3. The van der Waals surface area contributed by atoms with Crippen molar-refractivity contribution in [2.45, 2.75) is 45.4 Å². The van der Waals surface area contributed by atoms with Gasteiger partial charge < -0.3 is 19.5 Å². The summed E-state index contributed by atoms with van der Waals surface area (Å²) in [5, 5.41) is 3.08. The second kappa shape index (κ2) is 10.4. The third-order valence-corrected chi connectivity index (χ3v) is 4.95. The lowest BCUT2D eigenvalue weighted by Crippen LogP contribution is -2.40. The summed E-state index contributed by atoms with van der Waals surface area (Å²) in [4.78, 5) is 19.2. The van der Waals surface area contributed by atoms with Crippen LogP contribution < -0.4 is 14.8 Å². The SMILES string of the molecule is CC(=O)N[C@@H](C)CO[C@H]1C[C@H](COc2ncnc(OCc3ccccc3)c2Cl)C1. The first kappa shape index (κ1) is 21.3.